The Kier molecular flexibility index (Phi) is 5.59. The number of nitrogens with one attached hydrogen (secondary N) is 1. The molecule has 0 bridgehead atoms. The van der Waals surface area contributed by atoms with E-state index in [0.717, 1.165) is 17.7 Å². The van der Waals surface area contributed by atoms with Gasteiger partial charge in [0.15, 0.2) is 17.7 Å². The summed E-state index contributed by atoms with van der Waals surface area (Å²) in [6, 6.07) is 4.78. The molecule has 2 aromatic rings. The normalized spacial score (nSPS) is 12.1. The second kappa shape index (κ2) is 7.64. The molecule has 0 aliphatic carbocycles. The molecule has 1 aromatic heterocycles. The van der Waals surface area contributed by atoms with E-state index in [0.29, 0.717) is 0 Å². The molecule has 0 saturated carbocycles. The minimum Gasteiger partial charge on any atom is -0.449 e. The van der Waals surface area contributed by atoms with Gasteiger partial charge in [-0.2, -0.15) is 11.3 Å². The molecular formula is C16H13F2NO3S. The van der Waals surface area contributed by atoms with Gasteiger partial charge in [-0.05, 0) is 47.5 Å². The number of carbonyl (C=O) groups excluding carboxylic acids is 2. The van der Waals surface area contributed by atoms with Crippen LogP contribution in [0, 0.1) is 11.6 Å². The Balaban J connectivity index is 1.89. The zero-order valence-corrected chi connectivity index (χ0v) is 12.9. The lowest BCUT2D eigenvalue weighted by Crippen LogP contribution is -2.29. The Bertz CT molecular complexity index is 729. The second-order valence-electron chi connectivity index (χ2n) is 4.59. The largest absolute Gasteiger partial charge is 0.449 e. The van der Waals surface area contributed by atoms with E-state index >= 15 is 0 Å². The highest BCUT2D eigenvalue weighted by molar-refractivity contribution is 7.08. The second-order valence-corrected chi connectivity index (χ2v) is 5.37. The lowest BCUT2D eigenvalue weighted by molar-refractivity contribution is -0.148. The molecule has 1 aromatic carbocycles. The van der Waals surface area contributed by atoms with E-state index in [1.54, 1.807) is 6.08 Å². The number of carbonyl (C=O) groups is 2. The van der Waals surface area contributed by atoms with Crippen LogP contribution in [0.25, 0.3) is 6.08 Å². The summed E-state index contributed by atoms with van der Waals surface area (Å²) in [7, 11) is 0. The smallest absolute Gasteiger partial charge is 0.331 e. The van der Waals surface area contributed by atoms with Crippen molar-refractivity contribution in [2.24, 2.45) is 0 Å². The summed E-state index contributed by atoms with van der Waals surface area (Å²) in [5.74, 6) is -3.41. The predicted molar refractivity (Wildman–Crippen MR) is 83.9 cm³/mol. The van der Waals surface area contributed by atoms with E-state index in [1.165, 1.54) is 30.4 Å². The van der Waals surface area contributed by atoms with Gasteiger partial charge in [0.1, 0.15) is 0 Å². The third-order valence-corrected chi connectivity index (χ3v) is 3.51. The summed E-state index contributed by atoms with van der Waals surface area (Å²) in [5.41, 5.74) is 0.927. The number of hydrogen-bond acceptors (Lipinski definition) is 4. The molecule has 0 aliphatic rings. The molecule has 1 amide bonds. The maximum Gasteiger partial charge on any atom is 0.331 e. The first-order valence-corrected chi connectivity index (χ1v) is 7.57. The molecule has 2 rings (SSSR count). The van der Waals surface area contributed by atoms with Crippen molar-refractivity contribution in [3.05, 3.63) is 58.3 Å². The first kappa shape index (κ1) is 16.8. The lowest BCUT2D eigenvalue weighted by atomic mass is 10.2. The minimum absolute atomic E-state index is 0.0746. The molecule has 0 spiro atoms. The van der Waals surface area contributed by atoms with E-state index < -0.39 is 29.6 Å². The minimum atomic E-state index is -1.08. The van der Waals surface area contributed by atoms with Crippen LogP contribution < -0.4 is 5.32 Å². The fourth-order valence-electron chi connectivity index (χ4n) is 1.62. The zero-order chi connectivity index (χ0) is 16.8. The van der Waals surface area contributed by atoms with E-state index in [-0.39, 0.29) is 5.69 Å². The number of thiophene rings is 1. The van der Waals surface area contributed by atoms with Crippen LogP contribution in [0.1, 0.15) is 12.5 Å². The molecular weight excluding hydrogens is 324 g/mol. The van der Waals surface area contributed by atoms with Gasteiger partial charge in [-0.25, -0.2) is 13.6 Å². The fourth-order valence-corrected chi connectivity index (χ4v) is 2.25. The first-order chi connectivity index (χ1) is 11.0. The maximum atomic E-state index is 13.1. The summed E-state index contributed by atoms with van der Waals surface area (Å²) in [6.45, 7) is 1.38. The third kappa shape index (κ3) is 5.00. The van der Waals surface area contributed by atoms with E-state index in [4.69, 9.17) is 4.74 Å². The average Bonchev–Trinajstić information content (AvgIpc) is 3.02. The highest BCUT2D eigenvalue weighted by atomic mass is 32.1. The molecule has 0 radical (unpaired) electrons. The standard InChI is InChI=1S/C16H13F2NO3S/c1-10(22-15(20)5-2-11-6-7-23-9-11)16(21)19-12-3-4-13(17)14(18)8-12/h2-10H,1H3,(H,19,21)/b5-2+/t10-/m1/s1. The number of esters is 1. The maximum absolute atomic E-state index is 13.1. The predicted octanol–water partition coefficient (Wildman–Crippen LogP) is 3.61. The SMILES string of the molecule is C[C@@H](OC(=O)/C=C/c1ccsc1)C(=O)Nc1ccc(F)c(F)c1. The average molecular weight is 337 g/mol. The van der Waals surface area contributed by atoms with Crippen molar-refractivity contribution in [3.63, 3.8) is 0 Å². The van der Waals surface area contributed by atoms with Gasteiger partial charge < -0.3 is 10.1 Å². The van der Waals surface area contributed by atoms with Gasteiger partial charge in [0.2, 0.25) is 0 Å². The van der Waals surface area contributed by atoms with Crippen LogP contribution in [0.4, 0.5) is 14.5 Å². The topological polar surface area (TPSA) is 55.4 Å². The number of hydrogen-bond donors (Lipinski definition) is 1. The molecule has 23 heavy (non-hydrogen) atoms. The number of ether oxygens (including phenoxy) is 1. The number of rotatable bonds is 5. The summed E-state index contributed by atoms with van der Waals surface area (Å²) in [4.78, 5) is 23.5. The van der Waals surface area contributed by atoms with Gasteiger partial charge in [-0.3, -0.25) is 4.79 Å². The van der Waals surface area contributed by atoms with Crippen molar-refractivity contribution in [2.75, 3.05) is 5.32 Å². The van der Waals surface area contributed by atoms with Crippen LogP contribution in [-0.2, 0) is 14.3 Å². The Hall–Kier alpha value is -2.54. The van der Waals surface area contributed by atoms with Crippen molar-refractivity contribution in [1.29, 1.82) is 0 Å². The molecule has 1 heterocycles. The molecule has 4 nitrogen and oxygen atoms in total. The van der Waals surface area contributed by atoms with Gasteiger partial charge in [-0.1, -0.05) is 0 Å². The molecule has 1 N–H and O–H groups in total. The Labute approximate surface area is 135 Å². The Morgan fingerprint density at radius 2 is 2.04 bits per heavy atom. The van der Waals surface area contributed by atoms with Crippen LogP contribution in [0.5, 0.6) is 0 Å². The zero-order valence-electron chi connectivity index (χ0n) is 12.1. The monoisotopic (exact) mass is 337 g/mol. The molecule has 7 heteroatoms. The first-order valence-electron chi connectivity index (χ1n) is 6.62. The van der Waals surface area contributed by atoms with Gasteiger partial charge in [0.25, 0.3) is 5.91 Å². The van der Waals surface area contributed by atoms with E-state index in [1.807, 2.05) is 16.8 Å². The molecule has 0 saturated heterocycles. The fraction of sp³-hybridized carbons (Fsp3) is 0.125. The number of amides is 1. The number of anilines is 1. The number of benzene rings is 1. The molecule has 0 fully saturated rings. The highest BCUT2D eigenvalue weighted by Crippen LogP contribution is 2.14. The summed E-state index contributed by atoms with van der Waals surface area (Å²) < 4.78 is 30.8. The Morgan fingerprint density at radius 3 is 2.70 bits per heavy atom. The van der Waals surface area contributed by atoms with E-state index in [2.05, 4.69) is 5.32 Å². The van der Waals surface area contributed by atoms with Crippen LogP contribution >= 0.6 is 11.3 Å². The number of halogens is 2. The quantitative estimate of drug-likeness (QED) is 0.670. The Morgan fingerprint density at radius 1 is 1.26 bits per heavy atom. The van der Waals surface area contributed by atoms with Crippen molar-refractivity contribution >= 4 is 35.0 Å². The molecule has 1 atom stereocenters. The summed E-state index contributed by atoms with van der Waals surface area (Å²) in [6.07, 6.45) is 1.70. The van der Waals surface area contributed by atoms with Gasteiger partial charge in [0.05, 0.1) is 0 Å². The van der Waals surface area contributed by atoms with Crippen molar-refractivity contribution in [2.45, 2.75) is 13.0 Å². The molecule has 0 aliphatic heterocycles. The highest BCUT2D eigenvalue weighted by Gasteiger charge is 2.17. The van der Waals surface area contributed by atoms with Crippen LogP contribution in [0.2, 0.25) is 0 Å². The lowest BCUT2D eigenvalue weighted by Gasteiger charge is -2.12. The van der Waals surface area contributed by atoms with Gasteiger partial charge in [0, 0.05) is 17.8 Å². The van der Waals surface area contributed by atoms with E-state index in [9.17, 15) is 18.4 Å². The summed E-state index contributed by atoms with van der Waals surface area (Å²) >= 11 is 1.49. The summed E-state index contributed by atoms with van der Waals surface area (Å²) in [5, 5.41) is 6.05. The van der Waals surface area contributed by atoms with Crippen molar-refractivity contribution in [3.8, 4) is 0 Å². The molecule has 0 unspecified atom stereocenters. The van der Waals surface area contributed by atoms with Gasteiger partial charge >= 0.3 is 5.97 Å². The van der Waals surface area contributed by atoms with Crippen LogP contribution in [0.15, 0.2) is 41.1 Å². The van der Waals surface area contributed by atoms with Crippen LogP contribution in [0.3, 0.4) is 0 Å². The van der Waals surface area contributed by atoms with Crippen LogP contribution in [-0.4, -0.2) is 18.0 Å². The van der Waals surface area contributed by atoms with Crippen molar-refractivity contribution in [1.82, 2.24) is 0 Å². The van der Waals surface area contributed by atoms with Gasteiger partial charge in [-0.15, -0.1) is 0 Å². The third-order valence-electron chi connectivity index (χ3n) is 2.80. The van der Waals surface area contributed by atoms with Crippen molar-refractivity contribution < 1.29 is 23.1 Å². The molecule has 120 valence electrons.